The van der Waals surface area contributed by atoms with Crippen LogP contribution in [0.5, 0.6) is 0 Å². The van der Waals surface area contributed by atoms with Crippen LogP contribution >= 0.6 is 0 Å². The van der Waals surface area contributed by atoms with E-state index in [-0.39, 0.29) is 0 Å². The summed E-state index contributed by atoms with van der Waals surface area (Å²) in [6.07, 6.45) is -0.969. The molecular weight excluding hydrogens is 297 g/mol. The van der Waals surface area contributed by atoms with Gasteiger partial charge in [0.15, 0.2) is 12.6 Å². The van der Waals surface area contributed by atoms with Crippen LogP contribution in [0.15, 0.2) is 11.9 Å². The molecule has 118 valence electrons. The zero-order chi connectivity index (χ0) is 16.0. The lowest BCUT2D eigenvalue weighted by Gasteiger charge is -2.48. The molecule has 0 amide bonds. The zero-order valence-corrected chi connectivity index (χ0v) is 10.8. The quantitative estimate of drug-likeness (QED) is 0.581. The smallest absolute Gasteiger partial charge is 0.353 e. The maximum absolute atomic E-state index is 14.5. The van der Waals surface area contributed by atoms with E-state index in [0.717, 1.165) is 7.11 Å². The standard InChI is InChI=1S/C11H13F7O2/c1-6(2)9(15)10(16,20-5-19-3)7(12)4-8(13,14)11(9,17)18/h4,6H,5H2,1-3H3. The molecule has 0 aromatic heterocycles. The third-order valence-electron chi connectivity index (χ3n) is 3.13. The van der Waals surface area contributed by atoms with Crippen molar-refractivity contribution in [3.63, 3.8) is 0 Å². The highest BCUT2D eigenvalue weighted by atomic mass is 19.3. The van der Waals surface area contributed by atoms with E-state index in [1.807, 2.05) is 0 Å². The molecule has 2 atom stereocenters. The molecule has 0 aromatic carbocycles. The fourth-order valence-corrected chi connectivity index (χ4v) is 2.01. The van der Waals surface area contributed by atoms with Crippen LogP contribution in [0.3, 0.4) is 0 Å². The molecule has 0 saturated carbocycles. The molecule has 0 heterocycles. The van der Waals surface area contributed by atoms with Crippen LogP contribution in [0.25, 0.3) is 0 Å². The summed E-state index contributed by atoms with van der Waals surface area (Å²) in [5.41, 5.74) is -4.61. The molecule has 0 saturated heterocycles. The highest BCUT2D eigenvalue weighted by molar-refractivity contribution is 5.31. The molecule has 1 rings (SSSR count). The predicted molar refractivity (Wildman–Crippen MR) is 54.6 cm³/mol. The molecule has 0 spiro atoms. The minimum absolute atomic E-state index is 0.715. The van der Waals surface area contributed by atoms with E-state index in [1.165, 1.54) is 0 Å². The van der Waals surface area contributed by atoms with Gasteiger partial charge in [-0.15, -0.1) is 0 Å². The van der Waals surface area contributed by atoms with Gasteiger partial charge < -0.3 is 9.47 Å². The molecule has 0 aromatic rings. The lowest BCUT2D eigenvalue weighted by molar-refractivity contribution is -0.363. The number of methoxy groups -OCH3 is 1. The van der Waals surface area contributed by atoms with Crippen molar-refractivity contribution in [3.8, 4) is 0 Å². The van der Waals surface area contributed by atoms with Crippen molar-refractivity contribution in [1.82, 2.24) is 0 Å². The van der Waals surface area contributed by atoms with E-state index in [4.69, 9.17) is 0 Å². The molecule has 0 radical (unpaired) electrons. The van der Waals surface area contributed by atoms with Gasteiger partial charge in [0, 0.05) is 13.2 Å². The normalized spacial score (nSPS) is 36.0. The first-order valence-electron chi connectivity index (χ1n) is 5.53. The molecule has 2 unspecified atom stereocenters. The third-order valence-corrected chi connectivity index (χ3v) is 3.13. The van der Waals surface area contributed by atoms with E-state index in [0.29, 0.717) is 13.8 Å². The molecule has 1 aliphatic rings. The Morgan fingerprint density at radius 2 is 1.60 bits per heavy atom. The molecule has 0 N–H and O–H groups in total. The molecule has 0 aliphatic heterocycles. The first kappa shape index (κ1) is 17.2. The Bertz CT molecular complexity index is 410. The molecule has 9 heteroatoms. The number of ether oxygens (including phenoxy) is 2. The number of hydrogen-bond donors (Lipinski definition) is 0. The highest BCUT2D eigenvalue weighted by Gasteiger charge is 2.83. The summed E-state index contributed by atoms with van der Waals surface area (Å²) in [4.78, 5) is 0. The fraction of sp³-hybridized carbons (Fsp3) is 0.818. The minimum Gasteiger partial charge on any atom is -0.358 e. The lowest BCUT2D eigenvalue weighted by atomic mass is 9.73. The van der Waals surface area contributed by atoms with Crippen molar-refractivity contribution in [3.05, 3.63) is 11.9 Å². The van der Waals surface area contributed by atoms with Crippen molar-refractivity contribution in [2.75, 3.05) is 13.9 Å². The van der Waals surface area contributed by atoms with Crippen LogP contribution in [-0.2, 0) is 9.47 Å². The first-order valence-corrected chi connectivity index (χ1v) is 5.53. The Kier molecular flexibility index (Phi) is 4.19. The molecule has 20 heavy (non-hydrogen) atoms. The van der Waals surface area contributed by atoms with Gasteiger partial charge in [-0.05, 0) is 5.92 Å². The van der Waals surface area contributed by atoms with Gasteiger partial charge in [-0.1, -0.05) is 13.8 Å². The number of halogens is 7. The van der Waals surface area contributed by atoms with Crippen LogP contribution in [0.4, 0.5) is 30.7 Å². The number of allylic oxidation sites excluding steroid dienone is 1. The van der Waals surface area contributed by atoms with Crippen molar-refractivity contribution in [1.29, 1.82) is 0 Å². The maximum Gasteiger partial charge on any atom is 0.353 e. The number of hydrogen-bond acceptors (Lipinski definition) is 2. The van der Waals surface area contributed by atoms with Crippen molar-refractivity contribution in [2.24, 2.45) is 5.92 Å². The molecular formula is C11H13F7O2. The molecule has 0 bridgehead atoms. The predicted octanol–water partition coefficient (Wildman–Crippen LogP) is 3.77. The second-order valence-electron chi connectivity index (χ2n) is 4.70. The zero-order valence-electron chi connectivity index (χ0n) is 10.8. The van der Waals surface area contributed by atoms with Crippen LogP contribution in [0.2, 0.25) is 0 Å². The Morgan fingerprint density at radius 1 is 1.10 bits per heavy atom. The topological polar surface area (TPSA) is 18.5 Å². The van der Waals surface area contributed by atoms with Crippen LogP contribution < -0.4 is 0 Å². The largest absolute Gasteiger partial charge is 0.358 e. The minimum atomic E-state index is -5.51. The van der Waals surface area contributed by atoms with E-state index in [9.17, 15) is 30.7 Å². The van der Waals surface area contributed by atoms with Gasteiger partial charge >= 0.3 is 17.7 Å². The van der Waals surface area contributed by atoms with Crippen LogP contribution in [0, 0.1) is 5.92 Å². The summed E-state index contributed by atoms with van der Waals surface area (Å²) in [7, 11) is 0.940. The number of rotatable bonds is 4. The monoisotopic (exact) mass is 310 g/mol. The van der Waals surface area contributed by atoms with Crippen LogP contribution in [0.1, 0.15) is 13.8 Å². The van der Waals surface area contributed by atoms with Gasteiger partial charge in [-0.3, -0.25) is 0 Å². The SMILES string of the molecule is COCOC1(F)C(F)=CC(F)(F)C(F)(F)C1(F)C(C)C. The molecule has 1 aliphatic carbocycles. The summed E-state index contributed by atoms with van der Waals surface area (Å²) in [5, 5.41) is 0. The second kappa shape index (κ2) is 4.87. The molecule has 2 nitrogen and oxygen atoms in total. The fourth-order valence-electron chi connectivity index (χ4n) is 2.01. The maximum atomic E-state index is 14.5. The van der Waals surface area contributed by atoms with Crippen molar-refractivity contribution in [2.45, 2.75) is 37.2 Å². The van der Waals surface area contributed by atoms with Gasteiger partial charge in [0.1, 0.15) is 0 Å². The first-order chi connectivity index (χ1) is 8.88. The van der Waals surface area contributed by atoms with Crippen molar-refractivity contribution >= 4 is 0 Å². The average molecular weight is 310 g/mol. The highest BCUT2D eigenvalue weighted by Crippen LogP contribution is 2.61. The summed E-state index contributed by atoms with van der Waals surface area (Å²) < 4.78 is 104. The van der Waals surface area contributed by atoms with Gasteiger partial charge in [0.2, 0.25) is 5.67 Å². The second-order valence-corrected chi connectivity index (χ2v) is 4.70. The van der Waals surface area contributed by atoms with Gasteiger partial charge in [-0.25, -0.2) is 13.2 Å². The summed E-state index contributed by atoms with van der Waals surface area (Å²) >= 11 is 0. The lowest BCUT2D eigenvalue weighted by Crippen LogP contribution is -2.71. The van der Waals surface area contributed by atoms with Gasteiger partial charge in [0.05, 0.1) is 0 Å². The summed E-state index contributed by atoms with van der Waals surface area (Å²) in [5.74, 6) is -19.5. The van der Waals surface area contributed by atoms with Gasteiger partial charge in [0.25, 0.3) is 0 Å². The van der Waals surface area contributed by atoms with E-state index in [1.54, 1.807) is 0 Å². The van der Waals surface area contributed by atoms with E-state index >= 15 is 0 Å². The van der Waals surface area contributed by atoms with E-state index in [2.05, 4.69) is 9.47 Å². The Balaban J connectivity index is 3.55. The Hall–Kier alpha value is -0.830. The Labute approximate surface area is 110 Å². The van der Waals surface area contributed by atoms with Crippen molar-refractivity contribution < 1.29 is 40.2 Å². The van der Waals surface area contributed by atoms with Gasteiger partial charge in [-0.2, -0.15) is 17.6 Å². The Morgan fingerprint density at radius 3 is 2.00 bits per heavy atom. The average Bonchev–Trinajstić information content (AvgIpc) is 2.31. The summed E-state index contributed by atoms with van der Waals surface area (Å²) in [6.45, 7) is 0.331. The van der Waals surface area contributed by atoms with E-state index < -0.39 is 48.0 Å². The summed E-state index contributed by atoms with van der Waals surface area (Å²) in [6, 6.07) is 0. The van der Waals surface area contributed by atoms with Crippen LogP contribution in [-0.4, -0.2) is 37.3 Å². The third kappa shape index (κ3) is 1.93. The number of alkyl halides is 6. The molecule has 0 fully saturated rings.